The van der Waals surface area contributed by atoms with Crippen molar-refractivity contribution in [1.29, 1.82) is 0 Å². The molecule has 0 bridgehead atoms. The van der Waals surface area contributed by atoms with E-state index in [1.54, 1.807) is 0 Å². The van der Waals surface area contributed by atoms with Crippen LogP contribution in [0.25, 0.3) is 43.5 Å². The number of hydrogen-bond acceptors (Lipinski definition) is 3. The minimum Gasteiger partial charge on any atom is -0.408 e. The first kappa shape index (κ1) is 35.5. The molecule has 0 saturated carbocycles. The highest BCUT2D eigenvalue weighted by Crippen LogP contribution is 2.45. The molecule has 0 saturated heterocycles. The van der Waals surface area contributed by atoms with Crippen molar-refractivity contribution in [1.82, 2.24) is 0 Å². The lowest BCUT2D eigenvalue weighted by atomic mass is 9.98. The summed E-state index contributed by atoms with van der Waals surface area (Å²) >= 11 is 0. The van der Waals surface area contributed by atoms with Crippen molar-refractivity contribution in [2.45, 2.75) is 84.5 Å². The minimum absolute atomic E-state index is 0.0530. The Morgan fingerprint density at radius 3 is 1.43 bits per heavy atom. The Balaban J connectivity index is 1.76. The first-order chi connectivity index (χ1) is 24.7. The zero-order valence-electron chi connectivity index (χ0n) is 31.4. The van der Waals surface area contributed by atoms with Crippen molar-refractivity contribution < 1.29 is 8.39 Å². The van der Waals surface area contributed by atoms with Gasteiger partial charge in [0.25, 0.3) is 0 Å². The first-order valence-electron chi connectivity index (χ1n) is 18.9. The third-order valence-corrected chi connectivity index (χ3v) is 23.3. The number of rotatable bonds is 11. The monoisotopic (exact) mass is 725 g/mol. The molecule has 0 N–H and O–H groups in total. The molecule has 0 aliphatic heterocycles. The van der Waals surface area contributed by atoms with E-state index in [0.717, 1.165) is 35.3 Å². The highest BCUT2D eigenvalue weighted by Gasteiger charge is 2.34. The molecule has 7 rings (SSSR count). The maximum atomic E-state index is 7.71. The molecule has 51 heavy (non-hydrogen) atoms. The molecular weight excluding hydrogens is 674 g/mol. The van der Waals surface area contributed by atoms with E-state index in [9.17, 15) is 0 Å². The first-order valence-corrected chi connectivity index (χ1v) is 25.8. The van der Waals surface area contributed by atoms with Gasteiger partial charge in [0.05, 0.1) is 16.1 Å². The lowest BCUT2D eigenvalue weighted by Gasteiger charge is -2.28. The maximum Gasteiger partial charge on any atom is 0.310 e. The molecule has 1 atom stereocenters. The molecule has 0 radical (unpaired) electrons. The second kappa shape index (κ2) is 14.6. The minimum atomic E-state index is -1.95. The van der Waals surface area contributed by atoms with Crippen LogP contribution in [0.3, 0.4) is 0 Å². The Bertz CT molecular complexity index is 2230. The van der Waals surface area contributed by atoms with Gasteiger partial charge >= 0.3 is 8.16 Å². The van der Waals surface area contributed by atoms with Gasteiger partial charge in [0.15, 0.2) is 0 Å². The fourth-order valence-corrected chi connectivity index (χ4v) is 14.6. The van der Waals surface area contributed by atoms with Crippen LogP contribution in [0, 0.1) is 0 Å². The van der Waals surface area contributed by atoms with Crippen LogP contribution in [-0.4, -0.2) is 16.1 Å². The molecule has 0 fully saturated rings. The Morgan fingerprint density at radius 2 is 0.980 bits per heavy atom. The summed E-state index contributed by atoms with van der Waals surface area (Å²) in [5.74, 6) is 0. The number of fused-ring (bicyclic) bond motifs is 7. The van der Waals surface area contributed by atoms with Gasteiger partial charge in [0.2, 0.25) is 0 Å². The van der Waals surface area contributed by atoms with E-state index in [2.05, 4.69) is 174 Å². The van der Waals surface area contributed by atoms with Gasteiger partial charge in [-0.2, -0.15) is 4.67 Å². The number of hydrogen-bond donors (Lipinski definition) is 0. The molecule has 1 heterocycles. The zero-order valence-corrected chi connectivity index (χ0v) is 34.3. The Labute approximate surface area is 306 Å². The van der Waals surface area contributed by atoms with Crippen LogP contribution >= 0.6 is 8.16 Å². The molecule has 6 aromatic carbocycles. The van der Waals surface area contributed by atoms with Crippen LogP contribution in [0.4, 0.5) is 0 Å². The van der Waals surface area contributed by atoms with Crippen LogP contribution in [-0.2, 0) is 6.54 Å². The van der Waals surface area contributed by atoms with Gasteiger partial charge in [-0.15, -0.1) is 0 Å². The van der Waals surface area contributed by atoms with E-state index in [1.165, 1.54) is 53.8 Å². The zero-order chi connectivity index (χ0) is 35.8. The molecule has 6 heteroatoms. The third kappa shape index (κ3) is 6.44. The van der Waals surface area contributed by atoms with E-state index in [0.29, 0.717) is 6.54 Å². The fraction of sp³-hybridized carbons (Fsp3) is 0.289. The van der Waals surface area contributed by atoms with E-state index in [4.69, 9.17) is 8.39 Å². The van der Waals surface area contributed by atoms with Crippen LogP contribution < -0.4 is 15.0 Å². The molecule has 0 aliphatic rings. The van der Waals surface area contributed by atoms with Gasteiger partial charge in [-0.3, -0.25) is 0 Å². The number of benzene rings is 6. The molecule has 262 valence electrons. The standard InChI is InChI=1S/C45H52NO2PSi2/c1-8-50(6,9-2)40-30-36-26-18-20-28-38(36)42-43-39-29-21-19-27-37(39)31-41(51(7,10-3)11-4)45(43)48-49(47-44(40)42)46(32-34-22-14-12-15-23-34)33(5)35-24-16-13-17-25-35/h12-31,33H,8-11,32H2,1-7H3/t33-/m1/s1. The molecule has 0 aliphatic carbocycles. The molecule has 1 aromatic heterocycles. The smallest absolute Gasteiger partial charge is 0.310 e. The fourth-order valence-electron chi connectivity index (χ4n) is 7.79. The summed E-state index contributed by atoms with van der Waals surface area (Å²) in [5, 5.41) is 10.3. The van der Waals surface area contributed by atoms with Gasteiger partial charge in [0.1, 0.15) is 11.2 Å². The van der Waals surface area contributed by atoms with Crippen molar-refractivity contribution in [2.75, 3.05) is 4.67 Å². The van der Waals surface area contributed by atoms with Crippen LogP contribution in [0.5, 0.6) is 0 Å². The Kier molecular flexibility index (Phi) is 10.2. The quantitative estimate of drug-likeness (QED) is 0.124. The van der Waals surface area contributed by atoms with Gasteiger partial charge in [0, 0.05) is 23.4 Å². The van der Waals surface area contributed by atoms with Gasteiger partial charge in [-0.05, 0) is 50.0 Å². The van der Waals surface area contributed by atoms with Crippen molar-refractivity contribution in [3.63, 3.8) is 0 Å². The normalized spacial score (nSPS) is 13.1. The second-order valence-electron chi connectivity index (χ2n) is 14.8. The Hall–Kier alpha value is -3.87. The average Bonchev–Trinajstić information content (AvgIpc) is 3.37. The van der Waals surface area contributed by atoms with Gasteiger partial charge < -0.3 is 8.39 Å². The lowest BCUT2D eigenvalue weighted by Crippen LogP contribution is -2.43. The van der Waals surface area contributed by atoms with E-state index in [-0.39, 0.29) is 6.04 Å². The second-order valence-corrected chi connectivity index (χ2v) is 26.3. The van der Waals surface area contributed by atoms with E-state index in [1.807, 2.05) is 0 Å². The summed E-state index contributed by atoms with van der Waals surface area (Å²) in [6.07, 6.45) is 0. The number of nitrogens with zero attached hydrogens (tertiary/aromatic N) is 1. The predicted molar refractivity (Wildman–Crippen MR) is 229 cm³/mol. The van der Waals surface area contributed by atoms with Gasteiger partial charge in [-0.1, -0.05) is 186 Å². The summed E-state index contributed by atoms with van der Waals surface area (Å²) in [4.78, 5) is 0. The van der Waals surface area contributed by atoms with E-state index < -0.39 is 24.3 Å². The van der Waals surface area contributed by atoms with Crippen LogP contribution in [0.2, 0.25) is 37.3 Å². The summed E-state index contributed by atoms with van der Waals surface area (Å²) in [6, 6.07) is 49.3. The predicted octanol–water partition coefficient (Wildman–Crippen LogP) is 13.1. The summed E-state index contributed by atoms with van der Waals surface area (Å²) in [6.45, 7) is 17.7. The van der Waals surface area contributed by atoms with Crippen molar-refractivity contribution >= 4 is 78.2 Å². The summed E-state index contributed by atoms with van der Waals surface area (Å²) in [7, 11) is -5.51. The summed E-state index contributed by atoms with van der Waals surface area (Å²) < 4.78 is 17.9. The molecular formula is C45H52NO2PSi2. The van der Waals surface area contributed by atoms with Crippen LogP contribution in [0.1, 0.15) is 51.8 Å². The highest BCUT2D eigenvalue weighted by atomic mass is 31.1. The molecule has 0 amide bonds. The third-order valence-electron chi connectivity index (χ3n) is 12.1. The van der Waals surface area contributed by atoms with Crippen molar-refractivity contribution in [2.24, 2.45) is 0 Å². The SMILES string of the molecule is CC[Si](C)(CC)c1cc2ccccc2c2c1op(N(Cc1ccccc1)[C@H](C)c1ccccc1)oc1c([Si](C)(CC)CC)cc3ccccc3c12. The topological polar surface area (TPSA) is 29.5 Å². The van der Waals surface area contributed by atoms with Crippen LogP contribution in [0.15, 0.2) is 130 Å². The van der Waals surface area contributed by atoms with Crippen molar-refractivity contribution in [3.05, 3.63) is 132 Å². The Morgan fingerprint density at radius 1 is 0.569 bits per heavy atom. The highest BCUT2D eigenvalue weighted by molar-refractivity contribution is 7.39. The molecule has 7 aromatic rings. The summed E-state index contributed by atoms with van der Waals surface area (Å²) in [5.41, 5.74) is 4.61. The molecule has 0 spiro atoms. The van der Waals surface area contributed by atoms with E-state index >= 15 is 0 Å². The molecule has 0 unspecified atom stereocenters. The lowest BCUT2D eigenvalue weighted by molar-refractivity contribution is 0.595. The maximum absolute atomic E-state index is 7.71. The van der Waals surface area contributed by atoms with Crippen molar-refractivity contribution in [3.8, 4) is 0 Å². The molecule has 3 nitrogen and oxygen atoms in total. The average molecular weight is 726 g/mol. The van der Waals surface area contributed by atoms with Gasteiger partial charge in [-0.25, -0.2) is 0 Å². The largest absolute Gasteiger partial charge is 0.408 e.